The summed E-state index contributed by atoms with van der Waals surface area (Å²) >= 11 is 0. The van der Waals surface area contributed by atoms with Crippen molar-refractivity contribution in [3.05, 3.63) is 42.5 Å². The van der Waals surface area contributed by atoms with Crippen LogP contribution in [0.25, 0.3) is 5.69 Å². The molecule has 0 unspecified atom stereocenters. The van der Waals surface area contributed by atoms with Crippen LogP contribution in [-0.2, 0) is 4.74 Å². The zero-order chi connectivity index (χ0) is 16.9. The molecule has 128 valence electrons. The normalized spacial score (nSPS) is 18.3. The van der Waals surface area contributed by atoms with Gasteiger partial charge in [0.15, 0.2) is 0 Å². The third-order valence-corrected chi connectivity index (χ3v) is 4.47. The Kier molecular flexibility index (Phi) is 5.10. The van der Waals surface area contributed by atoms with Gasteiger partial charge in [-0.1, -0.05) is 12.1 Å². The first-order valence-corrected chi connectivity index (χ1v) is 8.22. The van der Waals surface area contributed by atoms with E-state index in [1.807, 2.05) is 31.2 Å². The third kappa shape index (κ3) is 3.73. The highest BCUT2D eigenvalue weighted by Crippen LogP contribution is 2.20. The van der Waals surface area contributed by atoms with E-state index in [2.05, 4.69) is 15.4 Å². The molecule has 2 atom stereocenters. The SMILES string of the molecule is C[C@@H](c1ccc(-n2cncn2)cc1)N(C)C(=O)NC[C@H]1CCCO1. The van der Waals surface area contributed by atoms with E-state index < -0.39 is 0 Å². The minimum atomic E-state index is -0.0849. The molecule has 1 N–H and O–H groups in total. The number of amides is 2. The predicted octanol–water partition coefficient (Wildman–Crippen LogP) is 2.15. The van der Waals surface area contributed by atoms with E-state index in [-0.39, 0.29) is 18.2 Å². The van der Waals surface area contributed by atoms with E-state index in [0.29, 0.717) is 6.54 Å². The van der Waals surface area contributed by atoms with E-state index in [1.54, 1.807) is 23.0 Å². The molecule has 3 rings (SSSR count). The molecule has 1 aliphatic rings. The van der Waals surface area contributed by atoms with Crippen molar-refractivity contribution in [2.75, 3.05) is 20.2 Å². The second kappa shape index (κ2) is 7.44. The van der Waals surface area contributed by atoms with Gasteiger partial charge in [0.25, 0.3) is 0 Å². The lowest BCUT2D eigenvalue weighted by atomic mass is 10.1. The summed E-state index contributed by atoms with van der Waals surface area (Å²) < 4.78 is 7.23. The minimum absolute atomic E-state index is 0.0284. The Morgan fingerprint density at radius 1 is 1.46 bits per heavy atom. The van der Waals surface area contributed by atoms with Crippen LogP contribution in [0.5, 0.6) is 0 Å². The Hall–Kier alpha value is -2.41. The summed E-state index contributed by atoms with van der Waals surface area (Å²) in [6, 6.07) is 7.84. The molecule has 1 aromatic carbocycles. The van der Waals surface area contributed by atoms with Crippen molar-refractivity contribution in [1.29, 1.82) is 0 Å². The van der Waals surface area contributed by atoms with Crippen molar-refractivity contribution in [3.8, 4) is 5.69 Å². The fourth-order valence-corrected chi connectivity index (χ4v) is 2.78. The summed E-state index contributed by atoms with van der Waals surface area (Å²) in [6.07, 6.45) is 5.40. The molecule has 24 heavy (non-hydrogen) atoms. The van der Waals surface area contributed by atoms with Gasteiger partial charge in [0.2, 0.25) is 0 Å². The van der Waals surface area contributed by atoms with Gasteiger partial charge in [-0.2, -0.15) is 5.10 Å². The van der Waals surface area contributed by atoms with Crippen LogP contribution in [0, 0.1) is 0 Å². The van der Waals surface area contributed by atoms with Crippen LogP contribution < -0.4 is 5.32 Å². The summed E-state index contributed by atoms with van der Waals surface area (Å²) in [7, 11) is 1.81. The fraction of sp³-hybridized carbons (Fsp3) is 0.471. The van der Waals surface area contributed by atoms with Gasteiger partial charge in [0, 0.05) is 20.2 Å². The molecular weight excluding hydrogens is 306 g/mol. The lowest BCUT2D eigenvalue weighted by Crippen LogP contribution is -2.41. The molecule has 0 radical (unpaired) electrons. The molecular formula is C17H23N5O2. The minimum Gasteiger partial charge on any atom is -0.376 e. The third-order valence-electron chi connectivity index (χ3n) is 4.47. The van der Waals surface area contributed by atoms with Gasteiger partial charge in [-0.05, 0) is 37.5 Å². The number of benzene rings is 1. The van der Waals surface area contributed by atoms with E-state index >= 15 is 0 Å². The van der Waals surface area contributed by atoms with Crippen LogP contribution in [0.2, 0.25) is 0 Å². The number of rotatable bonds is 5. The van der Waals surface area contributed by atoms with E-state index in [4.69, 9.17) is 4.74 Å². The smallest absolute Gasteiger partial charge is 0.317 e. The fourth-order valence-electron chi connectivity index (χ4n) is 2.78. The topological polar surface area (TPSA) is 72.3 Å². The summed E-state index contributed by atoms with van der Waals surface area (Å²) in [6.45, 7) is 3.38. The van der Waals surface area contributed by atoms with Crippen LogP contribution in [0.3, 0.4) is 0 Å². The summed E-state index contributed by atoms with van der Waals surface area (Å²) in [5.74, 6) is 0. The van der Waals surface area contributed by atoms with Gasteiger partial charge in [-0.15, -0.1) is 0 Å². The van der Waals surface area contributed by atoms with Crippen molar-refractivity contribution in [1.82, 2.24) is 25.0 Å². The molecule has 2 heterocycles. The molecule has 7 nitrogen and oxygen atoms in total. The first kappa shape index (κ1) is 16.4. The highest BCUT2D eigenvalue weighted by Gasteiger charge is 2.20. The molecule has 2 aromatic rings. The molecule has 1 aromatic heterocycles. The van der Waals surface area contributed by atoms with Gasteiger partial charge in [-0.3, -0.25) is 0 Å². The number of urea groups is 1. The molecule has 2 amide bonds. The number of hydrogen-bond acceptors (Lipinski definition) is 4. The summed E-state index contributed by atoms with van der Waals surface area (Å²) in [4.78, 5) is 18.0. The number of nitrogens with zero attached hydrogens (tertiary/aromatic N) is 4. The monoisotopic (exact) mass is 329 g/mol. The number of carbonyl (C=O) groups is 1. The number of ether oxygens (including phenoxy) is 1. The second-order valence-corrected chi connectivity index (χ2v) is 6.04. The quantitative estimate of drug-likeness (QED) is 0.912. The second-order valence-electron chi connectivity index (χ2n) is 6.04. The van der Waals surface area contributed by atoms with Crippen molar-refractivity contribution in [2.45, 2.75) is 31.9 Å². The van der Waals surface area contributed by atoms with Crippen LogP contribution >= 0.6 is 0 Å². The first-order chi connectivity index (χ1) is 11.6. The Labute approximate surface area is 141 Å². The zero-order valence-corrected chi connectivity index (χ0v) is 14.1. The summed E-state index contributed by atoms with van der Waals surface area (Å²) in [5.41, 5.74) is 2.00. The zero-order valence-electron chi connectivity index (χ0n) is 14.1. The van der Waals surface area contributed by atoms with Crippen LogP contribution in [-0.4, -0.2) is 52.0 Å². The largest absolute Gasteiger partial charge is 0.376 e. The number of hydrogen-bond donors (Lipinski definition) is 1. The Bertz CT molecular complexity index is 650. The van der Waals surface area contributed by atoms with E-state index in [0.717, 1.165) is 30.7 Å². The molecule has 0 saturated carbocycles. The van der Waals surface area contributed by atoms with Gasteiger partial charge in [0.05, 0.1) is 17.8 Å². The maximum atomic E-state index is 12.3. The van der Waals surface area contributed by atoms with E-state index in [9.17, 15) is 4.79 Å². The number of nitrogens with one attached hydrogen (secondary N) is 1. The van der Waals surface area contributed by atoms with Crippen molar-refractivity contribution >= 4 is 6.03 Å². The average molecular weight is 329 g/mol. The Balaban J connectivity index is 1.57. The molecule has 0 bridgehead atoms. The van der Waals surface area contributed by atoms with Gasteiger partial charge in [0.1, 0.15) is 12.7 Å². The van der Waals surface area contributed by atoms with Crippen molar-refractivity contribution in [2.24, 2.45) is 0 Å². The molecule has 0 spiro atoms. The summed E-state index contributed by atoms with van der Waals surface area (Å²) in [5, 5.41) is 7.05. The Morgan fingerprint density at radius 2 is 2.25 bits per heavy atom. The first-order valence-electron chi connectivity index (χ1n) is 8.22. The maximum Gasteiger partial charge on any atom is 0.317 e. The maximum absolute atomic E-state index is 12.3. The van der Waals surface area contributed by atoms with Crippen molar-refractivity contribution < 1.29 is 9.53 Å². The number of carbonyl (C=O) groups excluding carboxylic acids is 1. The molecule has 0 aliphatic carbocycles. The predicted molar refractivity (Wildman–Crippen MR) is 89.9 cm³/mol. The van der Waals surface area contributed by atoms with Crippen LogP contribution in [0.1, 0.15) is 31.4 Å². The Morgan fingerprint density at radius 3 is 2.88 bits per heavy atom. The average Bonchev–Trinajstić information content (AvgIpc) is 3.32. The van der Waals surface area contributed by atoms with Gasteiger partial charge in [-0.25, -0.2) is 14.5 Å². The molecule has 7 heteroatoms. The highest BCUT2D eigenvalue weighted by atomic mass is 16.5. The number of aromatic nitrogens is 3. The van der Waals surface area contributed by atoms with Crippen LogP contribution in [0.15, 0.2) is 36.9 Å². The van der Waals surface area contributed by atoms with E-state index in [1.165, 1.54) is 6.33 Å². The highest BCUT2D eigenvalue weighted by molar-refractivity contribution is 5.74. The molecule has 1 aliphatic heterocycles. The van der Waals surface area contributed by atoms with Gasteiger partial charge >= 0.3 is 6.03 Å². The van der Waals surface area contributed by atoms with Gasteiger partial charge < -0.3 is 15.0 Å². The lowest BCUT2D eigenvalue weighted by Gasteiger charge is -2.26. The lowest BCUT2D eigenvalue weighted by molar-refractivity contribution is 0.108. The van der Waals surface area contributed by atoms with Crippen LogP contribution in [0.4, 0.5) is 4.79 Å². The van der Waals surface area contributed by atoms with Crippen molar-refractivity contribution in [3.63, 3.8) is 0 Å². The standard InChI is InChI=1S/C17H23N5O2/c1-13(21(2)17(23)19-10-16-4-3-9-24-16)14-5-7-15(8-6-14)22-12-18-11-20-22/h5-8,11-13,16H,3-4,9-10H2,1-2H3,(H,19,23)/t13-,16+/m0/s1. The molecule has 1 fully saturated rings. The molecule has 1 saturated heterocycles.